The summed E-state index contributed by atoms with van der Waals surface area (Å²) in [6, 6.07) is 6.88. The van der Waals surface area contributed by atoms with Gasteiger partial charge in [-0.3, -0.25) is 9.59 Å². The van der Waals surface area contributed by atoms with Gasteiger partial charge in [0.15, 0.2) is 0 Å². The van der Waals surface area contributed by atoms with Crippen LogP contribution in [0.3, 0.4) is 0 Å². The second-order valence-electron chi connectivity index (χ2n) is 9.85. The third-order valence-corrected chi connectivity index (χ3v) is 5.23. The third kappa shape index (κ3) is 5.55. The summed E-state index contributed by atoms with van der Waals surface area (Å²) in [6.45, 7) is 10.9. The zero-order valence-corrected chi connectivity index (χ0v) is 21.8. The highest BCUT2D eigenvalue weighted by atomic mass is 16.5. The Hall–Kier alpha value is -3.42. The van der Waals surface area contributed by atoms with E-state index in [4.69, 9.17) is 18.9 Å². The number of nitrogens with one attached hydrogen (secondary N) is 2. The summed E-state index contributed by atoms with van der Waals surface area (Å²) in [5.41, 5.74) is 0.401. The molecule has 0 unspecified atom stereocenters. The van der Waals surface area contributed by atoms with E-state index in [2.05, 4.69) is 10.6 Å². The van der Waals surface area contributed by atoms with E-state index in [1.54, 1.807) is 24.3 Å². The highest BCUT2D eigenvalue weighted by Crippen LogP contribution is 2.52. The van der Waals surface area contributed by atoms with Crippen LogP contribution in [-0.2, 0) is 9.59 Å². The molecule has 8 nitrogen and oxygen atoms in total. The van der Waals surface area contributed by atoms with Crippen LogP contribution in [0, 0.1) is 10.8 Å². The Kier molecular flexibility index (Phi) is 8.08. The first-order chi connectivity index (χ1) is 15.8. The summed E-state index contributed by atoms with van der Waals surface area (Å²) in [7, 11) is 6.09. The first-order valence-corrected chi connectivity index (χ1v) is 10.9. The van der Waals surface area contributed by atoms with Gasteiger partial charge < -0.3 is 29.6 Å². The van der Waals surface area contributed by atoms with E-state index in [1.165, 1.54) is 28.4 Å². The van der Waals surface area contributed by atoms with Crippen molar-refractivity contribution < 1.29 is 28.5 Å². The second kappa shape index (κ2) is 10.2. The lowest BCUT2D eigenvalue weighted by atomic mass is 9.92. The molecule has 0 saturated heterocycles. The molecule has 0 spiro atoms. The third-order valence-electron chi connectivity index (χ3n) is 5.23. The van der Waals surface area contributed by atoms with E-state index < -0.39 is 10.8 Å². The fourth-order valence-electron chi connectivity index (χ4n) is 3.16. The molecule has 0 bridgehead atoms. The van der Waals surface area contributed by atoms with E-state index in [1.807, 2.05) is 41.5 Å². The number of benzene rings is 2. The van der Waals surface area contributed by atoms with Crippen LogP contribution in [0.2, 0.25) is 0 Å². The molecular formula is C26H36N2O6. The van der Waals surface area contributed by atoms with E-state index in [-0.39, 0.29) is 11.8 Å². The van der Waals surface area contributed by atoms with E-state index in [9.17, 15) is 9.59 Å². The maximum Gasteiger partial charge on any atom is 0.229 e. The Morgan fingerprint density at radius 3 is 1.06 bits per heavy atom. The molecular weight excluding hydrogens is 436 g/mol. The number of anilines is 2. The van der Waals surface area contributed by atoms with Gasteiger partial charge in [0.2, 0.25) is 11.8 Å². The van der Waals surface area contributed by atoms with Crippen LogP contribution in [0.4, 0.5) is 11.4 Å². The average Bonchev–Trinajstić information content (AvgIpc) is 2.77. The van der Waals surface area contributed by atoms with Crippen molar-refractivity contribution in [3.8, 4) is 34.1 Å². The summed E-state index contributed by atoms with van der Waals surface area (Å²) < 4.78 is 22.6. The SMILES string of the molecule is COc1ccc(OC)c(-c2c(OC)ccc(OC)c2NC(=O)C(C)(C)C)c1NC(=O)C(C)(C)C. The van der Waals surface area contributed by atoms with Gasteiger partial charge in [-0.2, -0.15) is 0 Å². The number of amides is 2. The van der Waals surface area contributed by atoms with Crippen molar-refractivity contribution in [3.05, 3.63) is 24.3 Å². The van der Waals surface area contributed by atoms with Crippen molar-refractivity contribution in [1.29, 1.82) is 0 Å². The number of methoxy groups -OCH3 is 4. The van der Waals surface area contributed by atoms with Crippen LogP contribution in [0.5, 0.6) is 23.0 Å². The molecule has 2 aromatic carbocycles. The normalized spacial score (nSPS) is 11.5. The monoisotopic (exact) mass is 472 g/mol. The van der Waals surface area contributed by atoms with E-state index >= 15 is 0 Å². The van der Waals surface area contributed by atoms with Gasteiger partial charge in [0.25, 0.3) is 0 Å². The minimum absolute atomic E-state index is 0.220. The molecule has 0 saturated carbocycles. The minimum atomic E-state index is -0.674. The van der Waals surface area contributed by atoms with E-state index in [0.717, 1.165) is 0 Å². The van der Waals surface area contributed by atoms with Crippen LogP contribution < -0.4 is 29.6 Å². The average molecular weight is 473 g/mol. The number of ether oxygens (including phenoxy) is 4. The second-order valence-corrected chi connectivity index (χ2v) is 9.85. The molecule has 34 heavy (non-hydrogen) atoms. The first-order valence-electron chi connectivity index (χ1n) is 10.9. The molecule has 0 radical (unpaired) electrons. The van der Waals surface area contributed by atoms with Crippen LogP contribution >= 0.6 is 0 Å². The number of carbonyl (C=O) groups is 2. The van der Waals surface area contributed by atoms with Crippen LogP contribution in [-0.4, -0.2) is 40.3 Å². The molecule has 8 heteroatoms. The van der Waals surface area contributed by atoms with Gasteiger partial charge >= 0.3 is 0 Å². The quantitative estimate of drug-likeness (QED) is 0.564. The molecule has 0 aliphatic heterocycles. The number of rotatable bonds is 7. The number of carbonyl (C=O) groups excluding carboxylic acids is 2. The lowest BCUT2D eigenvalue weighted by Gasteiger charge is -2.26. The predicted octanol–water partition coefficient (Wildman–Crippen LogP) is 5.36. The van der Waals surface area contributed by atoms with Gasteiger partial charge in [0.1, 0.15) is 23.0 Å². The molecule has 0 aliphatic rings. The zero-order chi connectivity index (χ0) is 25.8. The lowest BCUT2D eigenvalue weighted by molar-refractivity contribution is -0.123. The topological polar surface area (TPSA) is 95.1 Å². The van der Waals surface area contributed by atoms with Crippen LogP contribution in [0.15, 0.2) is 24.3 Å². The standard InChI is InChI=1S/C26H36N2O6/c1-25(2,3)23(29)27-21-17(33-9)13-11-15(31-7)19(21)20-16(32-8)12-14-18(34-10)22(20)28-24(30)26(4,5)6/h11-14H,1-10H3,(H,27,29)(H,28,30). The van der Waals surface area contributed by atoms with Gasteiger partial charge in [0, 0.05) is 10.8 Å². The van der Waals surface area contributed by atoms with Gasteiger partial charge in [-0.05, 0) is 24.3 Å². The van der Waals surface area contributed by atoms with Crippen molar-refractivity contribution in [2.24, 2.45) is 10.8 Å². The van der Waals surface area contributed by atoms with Crippen molar-refractivity contribution in [1.82, 2.24) is 0 Å². The highest BCUT2D eigenvalue weighted by molar-refractivity contribution is 6.08. The minimum Gasteiger partial charge on any atom is -0.496 e. The van der Waals surface area contributed by atoms with Crippen LogP contribution in [0.1, 0.15) is 41.5 Å². The summed E-state index contributed by atoms with van der Waals surface area (Å²) in [5, 5.41) is 5.98. The summed E-state index contributed by atoms with van der Waals surface area (Å²) in [5.74, 6) is 1.30. The van der Waals surface area contributed by atoms with Crippen molar-refractivity contribution in [3.63, 3.8) is 0 Å². The molecule has 0 aliphatic carbocycles. The molecule has 2 amide bonds. The fraction of sp³-hybridized carbons (Fsp3) is 0.462. The van der Waals surface area contributed by atoms with Crippen molar-refractivity contribution in [2.75, 3.05) is 39.1 Å². The largest absolute Gasteiger partial charge is 0.496 e. The highest BCUT2D eigenvalue weighted by Gasteiger charge is 2.31. The summed E-state index contributed by atoms with van der Waals surface area (Å²) in [4.78, 5) is 26.0. The molecule has 2 N–H and O–H groups in total. The fourth-order valence-corrected chi connectivity index (χ4v) is 3.16. The van der Waals surface area contributed by atoms with Crippen molar-refractivity contribution in [2.45, 2.75) is 41.5 Å². The van der Waals surface area contributed by atoms with Gasteiger partial charge in [-0.1, -0.05) is 41.5 Å². The van der Waals surface area contributed by atoms with Crippen molar-refractivity contribution >= 4 is 23.2 Å². The Balaban J connectivity index is 2.98. The number of hydrogen-bond acceptors (Lipinski definition) is 6. The molecule has 186 valence electrons. The molecule has 2 rings (SSSR count). The van der Waals surface area contributed by atoms with Gasteiger partial charge in [0.05, 0.1) is 50.9 Å². The van der Waals surface area contributed by atoms with Gasteiger partial charge in [-0.15, -0.1) is 0 Å². The summed E-state index contributed by atoms with van der Waals surface area (Å²) in [6.07, 6.45) is 0. The number of hydrogen-bond donors (Lipinski definition) is 2. The van der Waals surface area contributed by atoms with Crippen LogP contribution in [0.25, 0.3) is 11.1 Å². The molecule has 0 aromatic heterocycles. The maximum atomic E-state index is 13.0. The molecule has 2 aromatic rings. The Morgan fingerprint density at radius 1 is 0.559 bits per heavy atom. The summed E-state index contributed by atoms with van der Waals surface area (Å²) >= 11 is 0. The van der Waals surface area contributed by atoms with Gasteiger partial charge in [-0.25, -0.2) is 0 Å². The Bertz CT molecular complexity index is 979. The molecule has 0 fully saturated rings. The Labute approximate surface area is 201 Å². The Morgan fingerprint density at radius 2 is 0.824 bits per heavy atom. The van der Waals surface area contributed by atoms with E-state index in [0.29, 0.717) is 45.5 Å². The first kappa shape index (κ1) is 26.8. The lowest BCUT2D eigenvalue weighted by Crippen LogP contribution is -2.29. The zero-order valence-electron chi connectivity index (χ0n) is 21.8. The maximum absolute atomic E-state index is 13.0. The smallest absolute Gasteiger partial charge is 0.229 e. The molecule has 0 atom stereocenters. The predicted molar refractivity (Wildman–Crippen MR) is 134 cm³/mol. The molecule has 0 heterocycles.